The first kappa shape index (κ1) is 12.4. The Balaban J connectivity index is 1.84. The van der Waals surface area contributed by atoms with Crippen molar-refractivity contribution in [2.75, 3.05) is 0 Å². The molecule has 0 fully saturated rings. The van der Waals surface area contributed by atoms with E-state index in [9.17, 15) is 4.79 Å². The van der Waals surface area contributed by atoms with Crippen LogP contribution in [-0.2, 0) is 31.4 Å². The van der Waals surface area contributed by atoms with E-state index in [0.717, 1.165) is 5.69 Å². The van der Waals surface area contributed by atoms with Crippen molar-refractivity contribution in [1.82, 2.24) is 24.8 Å². The van der Waals surface area contributed by atoms with E-state index >= 15 is 0 Å². The van der Waals surface area contributed by atoms with E-state index in [1.165, 1.54) is 4.68 Å². The van der Waals surface area contributed by atoms with Gasteiger partial charge in [0.25, 0.3) is 0 Å². The third-order valence-corrected chi connectivity index (χ3v) is 2.72. The maximum Gasteiger partial charge on any atom is 0.154 e. The van der Waals surface area contributed by atoms with Gasteiger partial charge in [-0.3, -0.25) is 9.48 Å². The molecule has 0 atom stereocenters. The van der Waals surface area contributed by atoms with Crippen LogP contribution in [0.25, 0.3) is 0 Å². The zero-order chi connectivity index (χ0) is 13.0. The first-order valence-corrected chi connectivity index (χ1v) is 5.76. The summed E-state index contributed by atoms with van der Waals surface area (Å²) in [5, 5.41) is 11.7. The molecule has 2 rings (SSSR count). The zero-order valence-electron chi connectivity index (χ0n) is 10.3. The summed E-state index contributed by atoms with van der Waals surface area (Å²) in [5.41, 5.74) is 7.16. The molecule has 0 unspecified atom stereocenters. The fraction of sp³-hybridized carbons (Fsp3) is 0.455. The molecule has 0 aliphatic carbocycles. The first-order chi connectivity index (χ1) is 8.69. The Kier molecular flexibility index (Phi) is 3.83. The Morgan fingerprint density at radius 2 is 2.33 bits per heavy atom. The molecule has 0 amide bonds. The number of Topliss-reactive ketones (excluding diaryl/α,β-unsaturated/α-hetero) is 1. The molecule has 0 bridgehead atoms. The Bertz CT molecular complexity index is 529. The van der Waals surface area contributed by atoms with Gasteiger partial charge < -0.3 is 5.73 Å². The Labute approximate surface area is 105 Å². The normalized spacial score (nSPS) is 10.8. The predicted molar refractivity (Wildman–Crippen MR) is 64.4 cm³/mol. The van der Waals surface area contributed by atoms with Gasteiger partial charge in [0.1, 0.15) is 6.54 Å². The predicted octanol–water partition coefficient (Wildman–Crippen LogP) is -0.328. The van der Waals surface area contributed by atoms with Crippen molar-refractivity contribution >= 4 is 5.78 Å². The Hall–Kier alpha value is -2.02. The van der Waals surface area contributed by atoms with Crippen LogP contribution in [0.15, 0.2) is 18.5 Å². The van der Waals surface area contributed by atoms with Gasteiger partial charge in [0, 0.05) is 31.9 Å². The van der Waals surface area contributed by atoms with Gasteiger partial charge in [-0.2, -0.15) is 5.10 Å². The second-order valence-corrected chi connectivity index (χ2v) is 4.10. The summed E-state index contributed by atoms with van der Waals surface area (Å²) in [6.45, 7) is 0.577. The molecule has 0 aromatic carbocycles. The van der Waals surface area contributed by atoms with Gasteiger partial charge >= 0.3 is 0 Å². The minimum Gasteiger partial charge on any atom is -0.325 e. The highest BCUT2D eigenvalue weighted by Crippen LogP contribution is 2.02. The van der Waals surface area contributed by atoms with Gasteiger partial charge in [0.05, 0.1) is 11.9 Å². The molecule has 2 N–H and O–H groups in total. The number of carbonyl (C=O) groups is 1. The summed E-state index contributed by atoms with van der Waals surface area (Å²) in [4.78, 5) is 11.8. The van der Waals surface area contributed by atoms with E-state index in [0.29, 0.717) is 25.1 Å². The van der Waals surface area contributed by atoms with Crippen LogP contribution in [-0.4, -0.2) is 30.6 Å². The van der Waals surface area contributed by atoms with Gasteiger partial charge in [-0.25, -0.2) is 4.68 Å². The Morgan fingerprint density at radius 1 is 1.50 bits per heavy atom. The van der Waals surface area contributed by atoms with E-state index in [2.05, 4.69) is 15.4 Å². The van der Waals surface area contributed by atoms with Crippen LogP contribution in [0.4, 0.5) is 0 Å². The molecule has 0 aliphatic rings. The topological polar surface area (TPSA) is 91.6 Å². The molecule has 0 saturated heterocycles. The lowest BCUT2D eigenvalue weighted by Gasteiger charge is -2.02. The number of aryl methyl sites for hydroxylation is 2. The van der Waals surface area contributed by atoms with Crippen molar-refractivity contribution in [3.05, 3.63) is 29.8 Å². The Morgan fingerprint density at radius 3 is 2.94 bits per heavy atom. The minimum absolute atomic E-state index is 0.115. The lowest BCUT2D eigenvalue weighted by molar-refractivity contribution is -0.119. The molecule has 0 aliphatic heterocycles. The summed E-state index contributed by atoms with van der Waals surface area (Å²) >= 11 is 0. The molecule has 0 radical (unpaired) electrons. The molecule has 2 aromatic rings. The van der Waals surface area contributed by atoms with E-state index in [1.807, 2.05) is 13.1 Å². The third kappa shape index (κ3) is 3.01. The SMILES string of the molecule is Cn1nccc1CCC(=O)Cn1cc(CN)nn1. The van der Waals surface area contributed by atoms with Crippen LogP contribution in [0, 0.1) is 0 Å². The quantitative estimate of drug-likeness (QED) is 0.756. The van der Waals surface area contributed by atoms with Gasteiger partial charge in [0.15, 0.2) is 5.78 Å². The van der Waals surface area contributed by atoms with E-state index in [4.69, 9.17) is 5.73 Å². The smallest absolute Gasteiger partial charge is 0.154 e. The standard InChI is InChI=1S/C11H16N6O/c1-16-10(4-5-13-16)2-3-11(18)8-17-7-9(6-12)14-15-17/h4-5,7H,2-3,6,8,12H2,1H3. The van der Waals surface area contributed by atoms with Crippen molar-refractivity contribution < 1.29 is 4.79 Å². The highest BCUT2D eigenvalue weighted by molar-refractivity contribution is 5.78. The molecule has 96 valence electrons. The first-order valence-electron chi connectivity index (χ1n) is 5.76. The van der Waals surface area contributed by atoms with Gasteiger partial charge in [-0.05, 0) is 12.5 Å². The summed E-state index contributed by atoms with van der Waals surface area (Å²) < 4.78 is 3.29. The second kappa shape index (κ2) is 5.54. The summed E-state index contributed by atoms with van der Waals surface area (Å²) in [5.74, 6) is 0.115. The van der Waals surface area contributed by atoms with Crippen LogP contribution in [0.1, 0.15) is 17.8 Å². The highest BCUT2D eigenvalue weighted by Gasteiger charge is 2.07. The minimum atomic E-state index is 0.115. The summed E-state index contributed by atoms with van der Waals surface area (Å²) in [7, 11) is 1.87. The van der Waals surface area contributed by atoms with Crippen LogP contribution in [0.5, 0.6) is 0 Å². The van der Waals surface area contributed by atoms with Gasteiger partial charge in [-0.15, -0.1) is 5.10 Å². The van der Waals surface area contributed by atoms with Crippen LogP contribution < -0.4 is 5.73 Å². The molecule has 2 aromatic heterocycles. The number of hydrogen-bond donors (Lipinski definition) is 1. The fourth-order valence-electron chi connectivity index (χ4n) is 1.68. The van der Waals surface area contributed by atoms with Crippen molar-refractivity contribution in [3.8, 4) is 0 Å². The van der Waals surface area contributed by atoms with Crippen molar-refractivity contribution in [1.29, 1.82) is 0 Å². The molecular formula is C11H16N6O. The molecule has 18 heavy (non-hydrogen) atoms. The maximum absolute atomic E-state index is 11.8. The number of aromatic nitrogens is 5. The monoisotopic (exact) mass is 248 g/mol. The largest absolute Gasteiger partial charge is 0.325 e. The zero-order valence-corrected chi connectivity index (χ0v) is 10.3. The maximum atomic E-state index is 11.8. The molecule has 7 heteroatoms. The average Bonchev–Trinajstić information content (AvgIpc) is 2.96. The second-order valence-electron chi connectivity index (χ2n) is 4.10. The average molecular weight is 248 g/mol. The highest BCUT2D eigenvalue weighted by atomic mass is 16.1. The molecular weight excluding hydrogens is 232 g/mol. The molecule has 2 heterocycles. The molecule has 0 spiro atoms. The van der Waals surface area contributed by atoms with Gasteiger partial charge in [0.2, 0.25) is 0 Å². The van der Waals surface area contributed by atoms with Gasteiger partial charge in [-0.1, -0.05) is 5.21 Å². The number of carbonyl (C=O) groups excluding carboxylic acids is 1. The van der Waals surface area contributed by atoms with E-state index < -0.39 is 0 Å². The fourth-order valence-corrected chi connectivity index (χ4v) is 1.68. The van der Waals surface area contributed by atoms with Crippen molar-refractivity contribution in [3.63, 3.8) is 0 Å². The number of nitrogens with two attached hydrogens (primary N) is 1. The van der Waals surface area contributed by atoms with Crippen LogP contribution in [0.3, 0.4) is 0 Å². The lowest BCUT2D eigenvalue weighted by Crippen LogP contribution is -2.12. The number of hydrogen-bond acceptors (Lipinski definition) is 5. The number of rotatable bonds is 6. The number of ketones is 1. The third-order valence-electron chi connectivity index (χ3n) is 2.72. The van der Waals surface area contributed by atoms with Crippen LogP contribution in [0.2, 0.25) is 0 Å². The molecule has 0 saturated carbocycles. The van der Waals surface area contributed by atoms with Crippen molar-refractivity contribution in [2.24, 2.45) is 12.8 Å². The summed E-state index contributed by atoms with van der Waals surface area (Å²) in [6, 6.07) is 1.91. The van der Waals surface area contributed by atoms with E-state index in [-0.39, 0.29) is 12.3 Å². The summed E-state index contributed by atoms with van der Waals surface area (Å²) in [6.07, 6.45) is 4.58. The number of nitrogens with zero attached hydrogens (tertiary/aromatic N) is 5. The van der Waals surface area contributed by atoms with Crippen LogP contribution >= 0.6 is 0 Å². The molecule has 7 nitrogen and oxygen atoms in total. The van der Waals surface area contributed by atoms with Crippen molar-refractivity contribution in [2.45, 2.75) is 25.9 Å². The lowest BCUT2D eigenvalue weighted by atomic mass is 10.2. The van der Waals surface area contributed by atoms with E-state index in [1.54, 1.807) is 17.1 Å².